The number of cyclic esters (lactones) is 1. The Labute approximate surface area is 158 Å². The van der Waals surface area contributed by atoms with Crippen molar-refractivity contribution < 1.29 is 23.9 Å². The Hall–Kier alpha value is -2.51. The largest absolute Gasteiger partial charge is 0.453 e. The number of hydrogen-bond acceptors (Lipinski definition) is 5. The molecule has 1 saturated carbocycles. The Kier molecular flexibility index (Phi) is 4.36. The van der Waals surface area contributed by atoms with Gasteiger partial charge in [0.2, 0.25) is 5.91 Å². The van der Waals surface area contributed by atoms with Gasteiger partial charge in [0.25, 0.3) is 0 Å². The average Bonchev–Trinajstić information content (AvgIpc) is 3.03. The lowest BCUT2D eigenvalue weighted by molar-refractivity contribution is -0.119. The van der Waals surface area contributed by atoms with Crippen molar-refractivity contribution in [1.29, 1.82) is 0 Å². The van der Waals surface area contributed by atoms with Crippen LogP contribution in [-0.4, -0.2) is 73.3 Å². The van der Waals surface area contributed by atoms with E-state index >= 15 is 0 Å². The molecule has 0 aromatic heterocycles. The molecule has 3 unspecified atom stereocenters. The summed E-state index contributed by atoms with van der Waals surface area (Å²) in [7, 11) is 1.41. The molecule has 2 aliphatic heterocycles. The fourth-order valence-corrected chi connectivity index (χ4v) is 4.58. The van der Waals surface area contributed by atoms with Crippen LogP contribution >= 0.6 is 0 Å². The molecular formula is C19H25N3O5. The molecule has 2 aliphatic carbocycles. The Morgan fingerprint density at radius 1 is 1.41 bits per heavy atom. The highest BCUT2D eigenvalue weighted by atomic mass is 16.6. The number of methoxy groups -OCH3 is 1. The molecule has 0 bridgehead atoms. The van der Waals surface area contributed by atoms with Crippen LogP contribution < -0.4 is 5.32 Å². The molecule has 0 spiro atoms. The first-order chi connectivity index (χ1) is 12.9. The van der Waals surface area contributed by atoms with Gasteiger partial charge in [0.15, 0.2) is 0 Å². The Morgan fingerprint density at radius 2 is 2.22 bits per heavy atom. The lowest BCUT2D eigenvalue weighted by atomic mass is 9.88. The number of likely N-dealkylation sites (tertiary alicyclic amines) is 1. The Morgan fingerprint density at radius 3 is 2.89 bits per heavy atom. The van der Waals surface area contributed by atoms with Crippen molar-refractivity contribution in [2.24, 2.45) is 11.3 Å². The van der Waals surface area contributed by atoms with E-state index in [1.54, 1.807) is 9.80 Å². The molecule has 2 heterocycles. The van der Waals surface area contributed by atoms with Crippen molar-refractivity contribution in [3.63, 3.8) is 0 Å². The van der Waals surface area contributed by atoms with Crippen molar-refractivity contribution >= 4 is 18.1 Å². The maximum Gasteiger partial charge on any atom is 0.410 e. The predicted octanol–water partition coefficient (Wildman–Crippen LogP) is 1.29. The monoisotopic (exact) mass is 375 g/mol. The number of carbonyl (C=O) groups is 3. The zero-order chi connectivity index (χ0) is 19.2. The number of nitrogens with one attached hydrogen (secondary N) is 1. The summed E-state index contributed by atoms with van der Waals surface area (Å²) in [5.41, 5.74) is 1.33. The average molecular weight is 375 g/mol. The molecule has 4 atom stereocenters. The summed E-state index contributed by atoms with van der Waals surface area (Å²) in [6.07, 6.45) is 7.29. The molecule has 8 heteroatoms. The first-order valence-corrected chi connectivity index (χ1v) is 9.36. The van der Waals surface area contributed by atoms with Gasteiger partial charge in [0, 0.05) is 25.4 Å². The van der Waals surface area contributed by atoms with Crippen LogP contribution in [-0.2, 0) is 14.3 Å². The Bertz CT molecular complexity index is 733. The standard InChI is InChI=1S/C19H25N3O5/c1-12(23)20-8-16-10-22(18(25)27-16)15-5-3-13(4-6-15)19-7-14(19)9-21(11-19)17(24)26-2/h3-5,14-16H,6-11H2,1-2H3,(H,20,23)/t14?,15?,16-,19?/m0/s1. The van der Waals surface area contributed by atoms with E-state index in [1.807, 2.05) is 0 Å². The van der Waals surface area contributed by atoms with E-state index in [0.29, 0.717) is 25.6 Å². The minimum absolute atomic E-state index is 0.0321. The van der Waals surface area contributed by atoms with Crippen LogP contribution in [0.3, 0.4) is 0 Å². The van der Waals surface area contributed by atoms with Gasteiger partial charge >= 0.3 is 12.2 Å². The molecule has 0 aromatic rings. The molecule has 3 amide bonds. The second-order valence-electron chi connectivity index (χ2n) is 7.82. The summed E-state index contributed by atoms with van der Waals surface area (Å²) < 4.78 is 10.2. The number of amides is 3. The molecule has 0 aromatic carbocycles. The van der Waals surface area contributed by atoms with Crippen LogP contribution in [0.2, 0.25) is 0 Å². The highest BCUT2D eigenvalue weighted by Crippen LogP contribution is 2.63. The predicted molar refractivity (Wildman–Crippen MR) is 95.8 cm³/mol. The number of ether oxygens (including phenoxy) is 2. The smallest absolute Gasteiger partial charge is 0.410 e. The van der Waals surface area contributed by atoms with Crippen molar-refractivity contribution in [3.05, 3.63) is 23.8 Å². The first-order valence-electron chi connectivity index (χ1n) is 9.36. The lowest BCUT2D eigenvalue weighted by Gasteiger charge is -2.27. The molecule has 4 rings (SSSR count). The zero-order valence-electron chi connectivity index (χ0n) is 15.6. The van der Waals surface area contributed by atoms with Gasteiger partial charge in [-0.2, -0.15) is 0 Å². The second kappa shape index (κ2) is 6.58. The first kappa shape index (κ1) is 17.9. The number of hydrogen-bond donors (Lipinski definition) is 1. The maximum absolute atomic E-state index is 12.2. The molecule has 8 nitrogen and oxygen atoms in total. The van der Waals surface area contributed by atoms with E-state index < -0.39 is 0 Å². The molecular weight excluding hydrogens is 350 g/mol. The normalized spacial score (nSPS) is 34.1. The van der Waals surface area contributed by atoms with E-state index in [1.165, 1.54) is 19.6 Å². The fraction of sp³-hybridized carbons (Fsp3) is 0.632. The van der Waals surface area contributed by atoms with Gasteiger partial charge in [0.1, 0.15) is 6.10 Å². The molecule has 1 N–H and O–H groups in total. The van der Waals surface area contributed by atoms with Gasteiger partial charge < -0.3 is 19.7 Å². The van der Waals surface area contributed by atoms with E-state index in [9.17, 15) is 14.4 Å². The summed E-state index contributed by atoms with van der Waals surface area (Å²) in [5.74, 6) is 0.369. The van der Waals surface area contributed by atoms with Gasteiger partial charge in [-0.25, -0.2) is 9.59 Å². The van der Waals surface area contributed by atoms with Crippen LogP contribution in [0.5, 0.6) is 0 Å². The van der Waals surface area contributed by atoms with Crippen LogP contribution in [0.1, 0.15) is 19.8 Å². The molecule has 3 fully saturated rings. The van der Waals surface area contributed by atoms with Gasteiger partial charge in [-0.05, 0) is 24.3 Å². The van der Waals surface area contributed by atoms with Crippen molar-refractivity contribution in [2.45, 2.75) is 31.9 Å². The number of rotatable bonds is 4. The minimum Gasteiger partial charge on any atom is -0.453 e. The van der Waals surface area contributed by atoms with E-state index in [4.69, 9.17) is 9.47 Å². The summed E-state index contributed by atoms with van der Waals surface area (Å²) >= 11 is 0. The number of carbonyl (C=O) groups excluding carboxylic acids is 3. The highest BCUT2D eigenvalue weighted by Gasteiger charge is 2.62. The maximum atomic E-state index is 12.2. The third-order valence-electron chi connectivity index (χ3n) is 6.11. The van der Waals surface area contributed by atoms with Crippen LogP contribution in [0.15, 0.2) is 23.8 Å². The molecule has 4 aliphatic rings. The van der Waals surface area contributed by atoms with E-state index in [0.717, 1.165) is 19.4 Å². The number of allylic oxidation sites excluding steroid dienone is 1. The third kappa shape index (κ3) is 3.17. The van der Waals surface area contributed by atoms with Crippen molar-refractivity contribution in [1.82, 2.24) is 15.1 Å². The second-order valence-corrected chi connectivity index (χ2v) is 7.82. The lowest BCUT2D eigenvalue weighted by Crippen LogP contribution is -2.38. The zero-order valence-corrected chi connectivity index (χ0v) is 15.6. The van der Waals surface area contributed by atoms with Crippen LogP contribution in [0.25, 0.3) is 0 Å². The third-order valence-corrected chi connectivity index (χ3v) is 6.11. The van der Waals surface area contributed by atoms with Crippen LogP contribution in [0, 0.1) is 11.3 Å². The van der Waals surface area contributed by atoms with Gasteiger partial charge in [-0.15, -0.1) is 0 Å². The molecule has 27 heavy (non-hydrogen) atoms. The highest BCUT2D eigenvalue weighted by molar-refractivity contribution is 5.73. The molecule has 0 radical (unpaired) electrons. The summed E-state index contributed by atoms with van der Waals surface area (Å²) in [6, 6.07) is -0.0321. The number of piperidine rings is 1. The fourth-order valence-electron chi connectivity index (χ4n) is 4.58. The van der Waals surface area contributed by atoms with Crippen LogP contribution in [0.4, 0.5) is 9.59 Å². The van der Waals surface area contributed by atoms with E-state index in [2.05, 4.69) is 23.5 Å². The quantitative estimate of drug-likeness (QED) is 0.800. The van der Waals surface area contributed by atoms with Crippen molar-refractivity contribution in [2.75, 3.05) is 33.3 Å². The summed E-state index contributed by atoms with van der Waals surface area (Å²) in [5, 5.41) is 2.69. The SMILES string of the molecule is COC(=O)N1CC2CC2(C2=CCC(N3C[C@H](CNC(C)=O)OC3=O)C=C2)C1. The van der Waals surface area contributed by atoms with Gasteiger partial charge in [-0.1, -0.05) is 18.2 Å². The summed E-state index contributed by atoms with van der Waals surface area (Å²) in [6.45, 7) is 3.71. The molecule has 2 saturated heterocycles. The van der Waals surface area contributed by atoms with Gasteiger partial charge in [0.05, 0.1) is 26.2 Å². The molecule has 146 valence electrons. The van der Waals surface area contributed by atoms with Gasteiger partial charge in [-0.3, -0.25) is 9.69 Å². The van der Waals surface area contributed by atoms with E-state index in [-0.39, 0.29) is 35.7 Å². The minimum atomic E-state index is -0.336. The number of nitrogens with zero attached hydrogens (tertiary/aromatic N) is 2. The Balaban J connectivity index is 1.35. The van der Waals surface area contributed by atoms with Crippen molar-refractivity contribution in [3.8, 4) is 0 Å². The summed E-state index contributed by atoms with van der Waals surface area (Å²) in [4.78, 5) is 38.5. The number of fused-ring (bicyclic) bond motifs is 1. The topological polar surface area (TPSA) is 88.2 Å².